The molecule has 3 aromatic carbocycles. The summed E-state index contributed by atoms with van der Waals surface area (Å²) in [6, 6.07) is 23.8. The van der Waals surface area contributed by atoms with Crippen molar-refractivity contribution < 1.29 is 27.5 Å². The summed E-state index contributed by atoms with van der Waals surface area (Å²) in [5.41, 5.74) is 2.28. The average Bonchev–Trinajstić information content (AvgIpc) is 2.71. The molecule has 2 atom stereocenters. The molecule has 2 unspecified atom stereocenters. The van der Waals surface area contributed by atoms with Gasteiger partial charge in [-0.25, -0.2) is 0 Å². The third-order valence-corrected chi connectivity index (χ3v) is 5.47. The first kappa shape index (κ1) is 22.7. The average molecular weight is 496 g/mol. The van der Waals surface area contributed by atoms with Gasteiger partial charge in [0.1, 0.15) is 0 Å². The van der Waals surface area contributed by atoms with Crippen LogP contribution >= 0.6 is 24.2 Å². The molecule has 0 aliphatic rings. The van der Waals surface area contributed by atoms with E-state index in [0.717, 1.165) is 17.2 Å². The van der Waals surface area contributed by atoms with Gasteiger partial charge in [-0.15, -0.1) is 4.89 Å². The number of benzene rings is 3. The van der Waals surface area contributed by atoms with Crippen molar-refractivity contribution in [3.05, 3.63) is 106 Å². The van der Waals surface area contributed by atoms with Crippen molar-refractivity contribution in [3.8, 4) is 0 Å². The van der Waals surface area contributed by atoms with E-state index in [1.54, 1.807) is 0 Å². The zero-order valence-corrected chi connectivity index (χ0v) is 18.2. The van der Waals surface area contributed by atoms with Gasteiger partial charge in [-0.1, -0.05) is 82.7 Å². The van der Waals surface area contributed by atoms with Crippen LogP contribution in [0.1, 0.15) is 28.4 Å². The molecule has 4 nitrogen and oxygen atoms in total. The van der Waals surface area contributed by atoms with Crippen LogP contribution in [-0.2, 0) is 33.0 Å². The van der Waals surface area contributed by atoms with Crippen LogP contribution in [0.2, 0.25) is 0 Å². The molecule has 0 amide bonds. The summed E-state index contributed by atoms with van der Waals surface area (Å²) < 4.78 is 48.6. The highest BCUT2D eigenvalue weighted by Crippen LogP contribution is 2.41. The van der Waals surface area contributed by atoms with E-state index in [1.165, 1.54) is 12.1 Å². The van der Waals surface area contributed by atoms with E-state index in [9.17, 15) is 13.3 Å². The number of hydrogen-bond donors (Lipinski definition) is 1. The van der Waals surface area contributed by atoms with Crippen molar-refractivity contribution in [1.82, 2.24) is 0 Å². The van der Waals surface area contributed by atoms with Gasteiger partial charge in [0.15, 0.2) is 0 Å². The van der Waals surface area contributed by atoms with Crippen molar-refractivity contribution in [2.24, 2.45) is 0 Å². The second-order valence-electron chi connectivity index (χ2n) is 6.56. The largest absolute Gasteiger partial charge is 0.701 e. The van der Waals surface area contributed by atoms with Crippen molar-refractivity contribution in [2.45, 2.75) is 25.2 Å². The first-order valence-electron chi connectivity index (χ1n) is 9.07. The summed E-state index contributed by atoms with van der Waals surface area (Å²) in [6.07, 6.45) is -3.44. The Morgan fingerprint density at radius 3 is 2.20 bits per heavy atom. The molecule has 0 saturated heterocycles. The molecule has 3 aromatic rings. The topological polar surface area (TPSA) is 55.8 Å². The molecule has 0 spiro atoms. The number of halogens is 3. The maximum absolute atomic E-state index is 13.9. The second-order valence-corrected chi connectivity index (χ2v) is 8.07. The highest BCUT2D eigenvalue weighted by atomic mass is 79.9. The lowest BCUT2D eigenvalue weighted by atomic mass is 10.0. The molecule has 30 heavy (non-hydrogen) atoms. The lowest BCUT2D eigenvalue weighted by Gasteiger charge is -2.19. The van der Waals surface area contributed by atoms with E-state index in [2.05, 4.69) is 20.5 Å². The molecule has 0 saturated carbocycles. The third-order valence-electron chi connectivity index (χ3n) is 4.43. The van der Waals surface area contributed by atoms with Gasteiger partial charge in [-0.3, -0.25) is 0 Å². The van der Waals surface area contributed by atoms with Crippen LogP contribution in [0.4, 0.5) is 8.78 Å². The molecular formula is C22H19BrF2O4P+. The zero-order chi connectivity index (χ0) is 21.6. The molecule has 0 aromatic heterocycles. The normalized spacial score (nSPS) is 13.1. The first-order valence-corrected chi connectivity index (χ1v) is 11.0. The van der Waals surface area contributed by atoms with Crippen LogP contribution < -0.4 is 0 Å². The summed E-state index contributed by atoms with van der Waals surface area (Å²) >= 11 is 3.09. The quantitative estimate of drug-likeness (QED) is 0.337. The van der Waals surface area contributed by atoms with Crippen LogP contribution in [0.5, 0.6) is 0 Å². The van der Waals surface area contributed by atoms with Gasteiger partial charge in [-0.2, -0.15) is 8.78 Å². The standard InChI is InChI=1S/C22H18BrF2O4P/c23-20-13-17(11-12-19(20)22(24,25)29-30(26)27)15-28-21(18-9-5-2-6-10-18)14-16-7-3-1-4-8-16/h1-13,21H,14-15H2/p+1. The van der Waals surface area contributed by atoms with Crippen LogP contribution in [-0.4, -0.2) is 4.89 Å². The lowest BCUT2D eigenvalue weighted by Crippen LogP contribution is -2.15. The maximum Gasteiger partial charge on any atom is 0.701 e. The summed E-state index contributed by atoms with van der Waals surface area (Å²) in [7, 11) is -3.44. The van der Waals surface area contributed by atoms with E-state index >= 15 is 0 Å². The van der Waals surface area contributed by atoms with Crippen molar-refractivity contribution in [3.63, 3.8) is 0 Å². The molecule has 8 heteroatoms. The molecule has 0 bridgehead atoms. The smallest absolute Gasteiger partial charge is 0.369 e. The van der Waals surface area contributed by atoms with E-state index in [-0.39, 0.29) is 17.2 Å². The predicted molar refractivity (Wildman–Crippen MR) is 113 cm³/mol. The van der Waals surface area contributed by atoms with Gasteiger partial charge in [0.2, 0.25) is 0 Å². The van der Waals surface area contributed by atoms with Gasteiger partial charge in [0.05, 0.1) is 18.3 Å². The number of hydrogen-bond acceptors (Lipinski definition) is 3. The number of ether oxygens (including phenoxy) is 1. The lowest BCUT2D eigenvalue weighted by molar-refractivity contribution is -0.186. The van der Waals surface area contributed by atoms with Crippen molar-refractivity contribution >= 4 is 24.2 Å². The molecule has 0 fully saturated rings. The molecule has 0 aliphatic carbocycles. The first-order chi connectivity index (χ1) is 14.3. The van der Waals surface area contributed by atoms with E-state index in [0.29, 0.717) is 12.0 Å². The zero-order valence-electron chi connectivity index (χ0n) is 15.8. The summed E-state index contributed by atoms with van der Waals surface area (Å²) in [5.74, 6) is 0. The van der Waals surface area contributed by atoms with Gasteiger partial charge in [0, 0.05) is 15.5 Å². The summed E-state index contributed by atoms with van der Waals surface area (Å²) in [6.45, 7) is 0.200. The second kappa shape index (κ2) is 10.3. The minimum Gasteiger partial charge on any atom is -0.369 e. The third kappa shape index (κ3) is 6.24. The van der Waals surface area contributed by atoms with Gasteiger partial charge >= 0.3 is 14.4 Å². The van der Waals surface area contributed by atoms with E-state index in [4.69, 9.17) is 9.63 Å². The number of rotatable bonds is 9. The van der Waals surface area contributed by atoms with Gasteiger partial charge in [-0.05, 0) is 33.3 Å². The fraction of sp³-hybridized carbons (Fsp3) is 0.182. The Bertz CT molecular complexity index is 987. The van der Waals surface area contributed by atoms with Crippen LogP contribution in [0, 0.1) is 0 Å². The van der Waals surface area contributed by atoms with Crippen molar-refractivity contribution in [2.75, 3.05) is 0 Å². The molecule has 1 N–H and O–H groups in total. The van der Waals surface area contributed by atoms with Crippen LogP contribution in [0.25, 0.3) is 0 Å². The Morgan fingerprint density at radius 2 is 1.60 bits per heavy atom. The minimum atomic E-state index is -3.89. The molecule has 0 heterocycles. The predicted octanol–water partition coefficient (Wildman–Crippen LogP) is 6.67. The number of alkyl halides is 2. The fourth-order valence-corrected chi connectivity index (χ4v) is 3.95. The SMILES string of the molecule is O=[P+](O)OC(F)(F)c1ccc(COC(Cc2ccccc2)c2ccccc2)cc1Br. The highest BCUT2D eigenvalue weighted by molar-refractivity contribution is 9.10. The summed E-state index contributed by atoms with van der Waals surface area (Å²) in [5, 5.41) is 0. The Hall–Kier alpha value is -2.02. The Balaban J connectivity index is 1.75. The fourth-order valence-electron chi connectivity index (χ4n) is 3.00. The van der Waals surface area contributed by atoms with Crippen molar-refractivity contribution in [1.29, 1.82) is 0 Å². The van der Waals surface area contributed by atoms with Gasteiger partial charge < -0.3 is 4.74 Å². The molecular weight excluding hydrogens is 477 g/mol. The monoisotopic (exact) mass is 495 g/mol. The van der Waals surface area contributed by atoms with E-state index in [1.807, 2.05) is 60.7 Å². The Morgan fingerprint density at radius 1 is 0.967 bits per heavy atom. The minimum absolute atomic E-state index is 0.0600. The maximum atomic E-state index is 13.9. The van der Waals surface area contributed by atoms with Crippen LogP contribution in [0.3, 0.4) is 0 Å². The highest BCUT2D eigenvalue weighted by Gasteiger charge is 2.44. The van der Waals surface area contributed by atoms with E-state index < -0.39 is 19.9 Å². The van der Waals surface area contributed by atoms with Gasteiger partial charge in [0.25, 0.3) is 0 Å². The molecule has 156 valence electrons. The molecule has 3 rings (SSSR count). The Kier molecular flexibility index (Phi) is 7.81. The Labute approximate surface area is 182 Å². The van der Waals surface area contributed by atoms with Crippen LogP contribution in [0.15, 0.2) is 83.3 Å². The summed E-state index contributed by atoms with van der Waals surface area (Å²) in [4.78, 5) is 8.64. The molecule has 0 radical (unpaired) electrons. The molecule has 0 aliphatic heterocycles.